The van der Waals surface area contributed by atoms with Crippen molar-refractivity contribution < 1.29 is 5.11 Å². The lowest BCUT2D eigenvalue weighted by molar-refractivity contribution is 0.481. The van der Waals surface area contributed by atoms with E-state index in [9.17, 15) is 5.11 Å². The van der Waals surface area contributed by atoms with Gasteiger partial charge in [-0.3, -0.25) is 0 Å². The first-order valence-electron chi connectivity index (χ1n) is 4.03. The second-order valence-electron chi connectivity index (χ2n) is 3.03. The number of anilines is 1. The monoisotopic (exact) mass is 174 g/mol. The molecule has 0 fully saturated rings. The van der Waals surface area contributed by atoms with E-state index in [4.69, 9.17) is 5.73 Å². The average molecular weight is 174 g/mol. The van der Waals surface area contributed by atoms with Gasteiger partial charge in [-0.25, -0.2) is 4.98 Å². The molecule has 0 unspecified atom stereocenters. The number of aromatic hydroxyl groups is 1. The molecule has 0 atom stereocenters. The number of aromatic nitrogens is 1. The number of nitrogens with two attached hydrogens (primary N) is 1. The molecule has 1 aromatic carbocycles. The summed E-state index contributed by atoms with van der Waals surface area (Å²) in [5, 5.41) is 11.1. The van der Waals surface area contributed by atoms with Gasteiger partial charge < -0.3 is 10.8 Å². The third-order valence-electron chi connectivity index (χ3n) is 2.12. The second kappa shape index (κ2) is 2.62. The van der Waals surface area contributed by atoms with Gasteiger partial charge in [0.25, 0.3) is 0 Å². The Morgan fingerprint density at radius 3 is 2.85 bits per heavy atom. The summed E-state index contributed by atoms with van der Waals surface area (Å²) < 4.78 is 0. The maximum absolute atomic E-state index is 9.56. The predicted molar refractivity (Wildman–Crippen MR) is 52.6 cm³/mol. The summed E-state index contributed by atoms with van der Waals surface area (Å²) in [7, 11) is 0. The van der Waals surface area contributed by atoms with Gasteiger partial charge in [-0.2, -0.15) is 0 Å². The zero-order valence-electron chi connectivity index (χ0n) is 7.28. The van der Waals surface area contributed by atoms with Crippen LogP contribution in [0.3, 0.4) is 0 Å². The quantitative estimate of drug-likeness (QED) is 0.640. The first-order chi connectivity index (χ1) is 6.20. The van der Waals surface area contributed by atoms with Gasteiger partial charge in [-0.15, -0.1) is 0 Å². The Kier molecular flexibility index (Phi) is 1.59. The molecule has 13 heavy (non-hydrogen) atoms. The number of phenols is 1. The summed E-state index contributed by atoms with van der Waals surface area (Å²) in [5.41, 5.74) is 6.67. The molecule has 1 heterocycles. The van der Waals surface area contributed by atoms with Crippen molar-refractivity contribution in [1.29, 1.82) is 0 Å². The van der Waals surface area contributed by atoms with Gasteiger partial charge in [0.1, 0.15) is 11.6 Å². The van der Waals surface area contributed by atoms with Crippen LogP contribution in [0.4, 0.5) is 5.82 Å². The van der Waals surface area contributed by atoms with E-state index >= 15 is 0 Å². The van der Waals surface area contributed by atoms with Gasteiger partial charge in [0.15, 0.2) is 0 Å². The fourth-order valence-electron chi connectivity index (χ4n) is 1.44. The summed E-state index contributed by atoms with van der Waals surface area (Å²) in [5.74, 6) is 0.560. The molecule has 0 spiro atoms. The van der Waals surface area contributed by atoms with Gasteiger partial charge >= 0.3 is 0 Å². The lowest BCUT2D eigenvalue weighted by Gasteiger charge is -2.05. The minimum absolute atomic E-state index is 0.186. The molecule has 0 amide bonds. The molecule has 2 rings (SSSR count). The van der Waals surface area contributed by atoms with E-state index in [1.807, 2.05) is 13.0 Å². The smallest absolute Gasteiger partial charge is 0.134 e. The number of hydrogen-bond acceptors (Lipinski definition) is 3. The molecule has 0 aliphatic carbocycles. The fraction of sp³-hybridized carbons (Fsp3) is 0.100. The van der Waals surface area contributed by atoms with Crippen LogP contribution < -0.4 is 5.73 Å². The molecule has 3 nitrogen and oxygen atoms in total. The number of fused-ring (bicyclic) bond motifs is 1. The molecule has 0 saturated heterocycles. The minimum atomic E-state index is 0.186. The predicted octanol–water partition coefficient (Wildman–Crippen LogP) is 1.83. The summed E-state index contributed by atoms with van der Waals surface area (Å²) >= 11 is 0. The van der Waals surface area contributed by atoms with Gasteiger partial charge in [0.05, 0.1) is 5.39 Å². The van der Waals surface area contributed by atoms with Crippen molar-refractivity contribution >= 4 is 16.6 Å². The standard InChI is InChI=1S/C10H10N2O/c1-6-5-12-10(11)9-7(6)3-2-4-8(9)13/h2-5,13H,1H3,(H2,11,12). The van der Waals surface area contributed by atoms with E-state index in [0.29, 0.717) is 11.2 Å². The highest BCUT2D eigenvalue weighted by Crippen LogP contribution is 2.29. The van der Waals surface area contributed by atoms with Gasteiger partial charge in [0.2, 0.25) is 0 Å². The van der Waals surface area contributed by atoms with E-state index < -0.39 is 0 Å². The molecule has 66 valence electrons. The number of benzene rings is 1. The Bertz CT molecular complexity index is 457. The largest absolute Gasteiger partial charge is 0.507 e. The van der Waals surface area contributed by atoms with Crippen molar-refractivity contribution in [2.45, 2.75) is 6.92 Å². The Morgan fingerprint density at radius 2 is 2.15 bits per heavy atom. The van der Waals surface area contributed by atoms with Crippen molar-refractivity contribution in [3.8, 4) is 5.75 Å². The Labute approximate surface area is 75.8 Å². The van der Waals surface area contributed by atoms with Crippen molar-refractivity contribution in [1.82, 2.24) is 4.98 Å². The normalized spacial score (nSPS) is 10.5. The molecule has 1 aromatic heterocycles. The van der Waals surface area contributed by atoms with Crippen LogP contribution in [0.15, 0.2) is 24.4 Å². The van der Waals surface area contributed by atoms with E-state index in [-0.39, 0.29) is 5.75 Å². The zero-order valence-corrected chi connectivity index (χ0v) is 7.28. The molecular weight excluding hydrogens is 164 g/mol. The molecule has 3 N–H and O–H groups in total. The van der Waals surface area contributed by atoms with E-state index in [0.717, 1.165) is 10.9 Å². The number of hydrogen-bond donors (Lipinski definition) is 2. The topological polar surface area (TPSA) is 59.1 Å². The molecule has 3 heteroatoms. The van der Waals surface area contributed by atoms with Crippen LogP contribution in [-0.2, 0) is 0 Å². The van der Waals surface area contributed by atoms with Crippen LogP contribution in [-0.4, -0.2) is 10.1 Å². The van der Waals surface area contributed by atoms with Crippen LogP contribution in [0.5, 0.6) is 5.75 Å². The van der Waals surface area contributed by atoms with E-state index in [1.165, 1.54) is 0 Å². The number of phenolic OH excluding ortho intramolecular Hbond substituents is 1. The SMILES string of the molecule is Cc1cnc(N)c2c(O)cccc12. The van der Waals surface area contributed by atoms with Crippen LogP contribution in [0, 0.1) is 6.92 Å². The Hall–Kier alpha value is -1.77. The number of pyridine rings is 1. The van der Waals surface area contributed by atoms with Crippen LogP contribution in [0.1, 0.15) is 5.56 Å². The Morgan fingerprint density at radius 1 is 1.38 bits per heavy atom. The number of aryl methyl sites for hydroxylation is 1. The van der Waals surface area contributed by atoms with Crippen LogP contribution >= 0.6 is 0 Å². The van der Waals surface area contributed by atoms with Gasteiger partial charge in [0, 0.05) is 6.20 Å². The maximum atomic E-state index is 9.56. The number of nitrogens with zero attached hydrogens (tertiary/aromatic N) is 1. The highest BCUT2D eigenvalue weighted by molar-refractivity contribution is 5.97. The zero-order chi connectivity index (χ0) is 9.42. The van der Waals surface area contributed by atoms with E-state index in [1.54, 1.807) is 18.3 Å². The second-order valence-corrected chi connectivity index (χ2v) is 3.03. The lowest BCUT2D eigenvalue weighted by Crippen LogP contribution is -1.93. The summed E-state index contributed by atoms with van der Waals surface area (Å²) in [6.45, 7) is 1.94. The molecule has 0 radical (unpaired) electrons. The van der Waals surface area contributed by atoms with Crippen molar-refractivity contribution in [3.05, 3.63) is 30.0 Å². The third kappa shape index (κ3) is 1.09. The summed E-state index contributed by atoms with van der Waals surface area (Å²) in [6, 6.07) is 5.33. The summed E-state index contributed by atoms with van der Waals surface area (Å²) in [4.78, 5) is 3.99. The maximum Gasteiger partial charge on any atom is 0.134 e. The molecular formula is C10H10N2O. The van der Waals surface area contributed by atoms with Crippen molar-refractivity contribution in [3.63, 3.8) is 0 Å². The molecule has 0 aliphatic heterocycles. The van der Waals surface area contributed by atoms with Crippen molar-refractivity contribution in [2.75, 3.05) is 5.73 Å². The van der Waals surface area contributed by atoms with Crippen LogP contribution in [0.2, 0.25) is 0 Å². The third-order valence-corrected chi connectivity index (χ3v) is 2.12. The first kappa shape index (κ1) is 7.86. The average Bonchev–Trinajstić information content (AvgIpc) is 2.12. The van der Waals surface area contributed by atoms with Gasteiger partial charge in [-0.05, 0) is 23.9 Å². The molecule has 0 saturated carbocycles. The molecule has 0 aliphatic rings. The number of nitrogen functional groups attached to an aromatic ring is 1. The van der Waals surface area contributed by atoms with Crippen molar-refractivity contribution in [2.24, 2.45) is 0 Å². The number of rotatable bonds is 0. The Balaban J connectivity index is 3.00. The molecule has 0 bridgehead atoms. The lowest BCUT2D eigenvalue weighted by atomic mass is 10.1. The van der Waals surface area contributed by atoms with E-state index in [2.05, 4.69) is 4.98 Å². The highest BCUT2D eigenvalue weighted by Gasteiger charge is 2.05. The minimum Gasteiger partial charge on any atom is -0.507 e. The van der Waals surface area contributed by atoms with Crippen LogP contribution in [0.25, 0.3) is 10.8 Å². The highest BCUT2D eigenvalue weighted by atomic mass is 16.3. The fourth-order valence-corrected chi connectivity index (χ4v) is 1.44. The molecule has 2 aromatic rings. The van der Waals surface area contributed by atoms with Gasteiger partial charge in [-0.1, -0.05) is 12.1 Å². The summed E-state index contributed by atoms with van der Waals surface area (Å²) in [6.07, 6.45) is 1.71. The first-order valence-corrected chi connectivity index (χ1v) is 4.03.